The zero-order valence-corrected chi connectivity index (χ0v) is 22.4. The Hall–Kier alpha value is -3.80. The second-order valence-electron chi connectivity index (χ2n) is 7.79. The Morgan fingerprint density at radius 3 is 2.38 bits per heavy atom. The average Bonchev–Trinajstić information content (AvgIpc) is 3.56. The minimum Gasteiger partial charge on any atom is -0.321 e. The number of rotatable bonds is 9. The molecule has 0 saturated carbocycles. The topological polar surface area (TPSA) is 113 Å². The standard InChI is InChI=1S/C26H23N5O3S3/c1-16(23(32)29-26-31-30-17(2)37-26)36-21-10-8-20(9-11-21)27-25(34)22(14-18-12-13-35-15-18)28-24(33)19-6-4-3-5-7-19/h3-16H,1-2H3,(H,27,34)(H,28,33)(H,29,31,32)/b22-14-. The summed E-state index contributed by atoms with van der Waals surface area (Å²) in [4.78, 5) is 39.1. The van der Waals surface area contributed by atoms with Crippen LogP contribution in [0.3, 0.4) is 0 Å². The molecular weight excluding hydrogens is 527 g/mol. The number of thiophene rings is 1. The second kappa shape index (κ2) is 12.4. The summed E-state index contributed by atoms with van der Waals surface area (Å²) in [5.41, 5.74) is 1.95. The number of carbonyl (C=O) groups is 3. The number of aryl methyl sites for hydroxylation is 1. The van der Waals surface area contributed by atoms with E-state index in [0.29, 0.717) is 16.4 Å². The quantitative estimate of drug-likeness (QED) is 0.189. The highest BCUT2D eigenvalue weighted by Gasteiger charge is 2.18. The van der Waals surface area contributed by atoms with E-state index in [9.17, 15) is 14.4 Å². The molecule has 3 amide bonds. The molecule has 2 aromatic heterocycles. The summed E-state index contributed by atoms with van der Waals surface area (Å²) >= 11 is 4.20. The fraction of sp³-hybridized carbons (Fsp3) is 0.115. The van der Waals surface area contributed by atoms with Gasteiger partial charge in [0.1, 0.15) is 10.7 Å². The van der Waals surface area contributed by atoms with Gasteiger partial charge in [0.05, 0.1) is 5.25 Å². The van der Waals surface area contributed by atoms with E-state index in [2.05, 4.69) is 26.1 Å². The maximum Gasteiger partial charge on any atom is 0.272 e. The molecule has 188 valence electrons. The van der Waals surface area contributed by atoms with Crippen LogP contribution < -0.4 is 16.0 Å². The molecule has 3 N–H and O–H groups in total. The van der Waals surface area contributed by atoms with Gasteiger partial charge >= 0.3 is 0 Å². The minimum absolute atomic E-state index is 0.128. The first-order valence-electron chi connectivity index (χ1n) is 11.2. The molecule has 37 heavy (non-hydrogen) atoms. The molecule has 8 nitrogen and oxygen atoms in total. The van der Waals surface area contributed by atoms with Gasteiger partial charge in [0.25, 0.3) is 11.8 Å². The van der Waals surface area contributed by atoms with E-state index in [0.717, 1.165) is 15.5 Å². The number of nitrogens with one attached hydrogen (secondary N) is 3. The fourth-order valence-electron chi connectivity index (χ4n) is 3.09. The van der Waals surface area contributed by atoms with Crippen molar-refractivity contribution in [3.8, 4) is 0 Å². The molecule has 2 heterocycles. The van der Waals surface area contributed by atoms with Crippen LogP contribution in [-0.2, 0) is 9.59 Å². The number of anilines is 2. The summed E-state index contributed by atoms with van der Waals surface area (Å²) in [6.45, 7) is 3.63. The summed E-state index contributed by atoms with van der Waals surface area (Å²) in [5, 5.41) is 20.8. The normalized spacial score (nSPS) is 12.0. The van der Waals surface area contributed by atoms with Crippen molar-refractivity contribution in [1.82, 2.24) is 15.5 Å². The molecule has 0 aliphatic carbocycles. The van der Waals surface area contributed by atoms with Crippen LogP contribution in [-0.4, -0.2) is 33.2 Å². The highest BCUT2D eigenvalue weighted by atomic mass is 32.2. The lowest BCUT2D eigenvalue weighted by molar-refractivity contribution is -0.115. The third kappa shape index (κ3) is 7.59. The first-order chi connectivity index (χ1) is 17.9. The van der Waals surface area contributed by atoms with Gasteiger partial charge in [-0.05, 0) is 78.7 Å². The summed E-state index contributed by atoms with van der Waals surface area (Å²) in [5.74, 6) is -0.994. The third-order valence-corrected chi connectivity index (χ3v) is 7.50. The molecule has 2 aromatic carbocycles. The maximum absolute atomic E-state index is 13.1. The van der Waals surface area contributed by atoms with Gasteiger partial charge in [-0.15, -0.1) is 22.0 Å². The number of nitrogens with zero attached hydrogens (tertiary/aromatic N) is 2. The largest absolute Gasteiger partial charge is 0.321 e. The van der Waals surface area contributed by atoms with Crippen molar-refractivity contribution in [2.24, 2.45) is 0 Å². The van der Waals surface area contributed by atoms with Gasteiger partial charge in [0, 0.05) is 16.1 Å². The van der Waals surface area contributed by atoms with Crippen molar-refractivity contribution >= 4 is 69.1 Å². The van der Waals surface area contributed by atoms with Crippen LogP contribution >= 0.6 is 34.4 Å². The number of hydrogen-bond acceptors (Lipinski definition) is 8. The van der Waals surface area contributed by atoms with Crippen molar-refractivity contribution < 1.29 is 14.4 Å². The Morgan fingerprint density at radius 2 is 1.73 bits per heavy atom. The molecular formula is C26H23N5O3S3. The van der Waals surface area contributed by atoms with Crippen LogP contribution in [0, 0.1) is 6.92 Å². The SMILES string of the molecule is Cc1nnc(NC(=O)C(C)Sc2ccc(NC(=O)/C(=C/c3ccsc3)NC(=O)c3ccccc3)cc2)s1. The molecule has 0 spiro atoms. The zero-order chi connectivity index (χ0) is 26.2. The summed E-state index contributed by atoms with van der Waals surface area (Å²) in [6.07, 6.45) is 1.64. The van der Waals surface area contributed by atoms with E-state index < -0.39 is 5.91 Å². The molecule has 0 aliphatic heterocycles. The predicted octanol–water partition coefficient (Wildman–Crippen LogP) is 5.44. The monoisotopic (exact) mass is 549 g/mol. The van der Waals surface area contributed by atoms with Gasteiger partial charge < -0.3 is 10.6 Å². The minimum atomic E-state index is -0.448. The molecule has 0 radical (unpaired) electrons. The lowest BCUT2D eigenvalue weighted by atomic mass is 10.2. The first-order valence-corrected chi connectivity index (χ1v) is 13.8. The van der Waals surface area contributed by atoms with Crippen LogP contribution in [0.15, 0.2) is 82.0 Å². The van der Waals surface area contributed by atoms with Gasteiger partial charge in [-0.3, -0.25) is 19.7 Å². The van der Waals surface area contributed by atoms with Crippen molar-refractivity contribution in [2.75, 3.05) is 10.6 Å². The van der Waals surface area contributed by atoms with E-state index in [1.165, 1.54) is 34.4 Å². The van der Waals surface area contributed by atoms with Gasteiger partial charge in [-0.2, -0.15) is 11.3 Å². The number of benzene rings is 2. The second-order valence-corrected chi connectivity index (χ2v) is 11.2. The van der Waals surface area contributed by atoms with E-state index in [-0.39, 0.29) is 22.8 Å². The molecule has 0 saturated heterocycles. The Bertz CT molecular complexity index is 1400. The number of hydrogen-bond donors (Lipinski definition) is 3. The van der Waals surface area contributed by atoms with Crippen molar-refractivity contribution in [3.63, 3.8) is 0 Å². The van der Waals surface area contributed by atoms with Crippen LogP contribution in [0.5, 0.6) is 0 Å². The molecule has 0 bridgehead atoms. The van der Waals surface area contributed by atoms with E-state index in [1.807, 2.05) is 41.9 Å². The lowest BCUT2D eigenvalue weighted by Gasteiger charge is -2.13. The molecule has 4 aromatic rings. The molecule has 0 aliphatic rings. The first kappa shape index (κ1) is 26.3. The number of amides is 3. The Kier molecular flexibility index (Phi) is 8.83. The van der Waals surface area contributed by atoms with Crippen molar-refractivity contribution in [1.29, 1.82) is 0 Å². The van der Waals surface area contributed by atoms with Gasteiger partial charge in [-0.1, -0.05) is 29.5 Å². The predicted molar refractivity (Wildman–Crippen MR) is 150 cm³/mol. The van der Waals surface area contributed by atoms with Crippen molar-refractivity contribution in [3.05, 3.63) is 93.3 Å². The van der Waals surface area contributed by atoms with E-state index in [4.69, 9.17) is 0 Å². The Labute approximate surface area is 226 Å². The molecule has 4 rings (SSSR count). The third-order valence-electron chi connectivity index (χ3n) is 4.93. The molecule has 0 fully saturated rings. The molecule has 1 atom stereocenters. The summed E-state index contributed by atoms with van der Waals surface area (Å²) < 4.78 is 0. The average molecular weight is 550 g/mol. The summed E-state index contributed by atoms with van der Waals surface area (Å²) in [7, 11) is 0. The zero-order valence-electron chi connectivity index (χ0n) is 19.9. The van der Waals surface area contributed by atoms with Gasteiger partial charge in [0.2, 0.25) is 11.0 Å². The Balaban J connectivity index is 1.39. The van der Waals surface area contributed by atoms with Crippen LogP contribution in [0.2, 0.25) is 0 Å². The molecule has 11 heteroatoms. The van der Waals surface area contributed by atoms with Gasteiger partial charge in [0.15, 0.2) is 0 Å². The van der Waals surface area contributed by atoms with E-state index in [1.54, 1.807) is 49.4 Å². The number of carbonyl (C=O) groups excluding carboxylic acids is 3. The highest BCUT2D eigenvalue weighted by Crippen LogP contribution is 2.26. The number of thioether (sulfide) groups is 1. The smallest absolute Gasteiger partial charge is 0.272 e. The summed E-state index contributed by atoms with van der Waals surface area (Å²) in [6, 6.07) is 17.7. The number of aromatic nitrogens is 2. The Morgan fingerprint density at radius 1 is 0.973 bits per heavy atom. The van der Waals surface area contributed by atoms with E-state index >= 15 is 0 Å². The van der Waals surface area contributed by atoms with Gasteiger partial charge in [-0.25, -0.2) is 0 Å². The van der Waals surface area contributed by atoms with Crippen LogP contribution in [0.1, 0.15) is 27.9 Å². The lowest BCUT2D eigenvalue weighted by Crippen LogP contribution is -2.30. The fourth-order valence-corrected chi connectivity index (χ4v) is 5.17. The highest BCUT2D eigenvalue weighted by molar-refractivity contribution is 8.00. The van der Waals surface area contributed by atoms with Crippen molar-refractivity contribution in [2.45, 2.75) is 24.0 Å². The molecule has 1 unspecified atom stereocenters. The maximum atomic E-state index is 13.1. The van der Waals surface area contributed by atoms with Crippen LogP contribution in [0.25, 0.3) is 6.08 Å². The van der Waals surface area contributed by atoms with Crippen LogP contribution in [0.4, 0.5) is 10.8 Å².